The van der Waals surface area contributed by atoms with Crippen LogP contribution in [0.3, 0.4) is 0 Å². The molecule has 2 N–H and O–H groups in total. The van der Waals surface area contributed by atoms with Crippen LogP contribution in [0.1, 0.15) is 0 Å². The van der Waals surface area contributed by atoms with Crippen LogP contribution in [0.15, 0.2) is 12.3 Å². The zero-order chi connectivity index (χ0) is 10.8. The SMILES string of the molecule is COCC1Nc2ncc(Cl)cc2NC1=O. The number of hydrogen-bond acceptors (Lipinski definition) is 4. The number of nitrogens with one attached hydrogen (secondary N) is 2. The molecule has 2 rings (SSSR count). The number of fused-ring (bicyclic) bond motifs is 1. The van der Waals surface area contributed by atoms with Crippen molar-refractivity contribution in [3.63, 3.8) is 0 Å². The van der Waals surface area contributed by atoms with E-state index in [2.05, 4.69) is 15.6 Å². The first-order valence-corrected chi connectivity index (χ1v) is 4.80. The van der Waals surface area contributed by atoms with Crippen molar-refractivity contribution in [1.29, 1.82) is 0 Å². The molecule has 1 unspecified atom stereocenters. The fraction of sp³-hybridized carbons (Fsp3) is 0.333. The number of halogens is 1. The third-order valence-corrected chi connectivity index (χ3v) is 2.28. The molecule has 0 saturated carbocycles. The minimum atomic E-state index is -0.406. The van der Waals surface area contributed by atoms with Crippen molar-refractivity contribution in [3.8, 4) is 0 Å². The van der Waals surface area contributed by atoms with Gasteiger partial charge >= 0.3 is 0 Å². The Balaban J connectivity index is 2.26. The quantitative estimate of drug-likeness (QED) is 0.795. The van der Waals surface area contributed by atoms with E-state index in [9.17, 15) is 4.79 Å². The summed E-state index contributed by atoms with van der Waals surface area (Å²) >= 11 is 5.76. The van der Waals surface area contributed by atoms with Gasteiger partial charge in [-0.1, -0.05) is 11.6 Å². The van der Waals surface area contributed by atoms with Crippen LogP contribution >= 0.6 is 11.6 Å². The zero-order valence-electron chi connectivity index (χ0n) is 8.08. The third-order valence-electron chi connectivity index (χ3n) is 2.07. The highest BCUT2D eigenvalue weighted by Crippen LogP contribution is 2.26. The monoisotopic (exact) mass is 227 g/mol. The fourth-order valence-corrected chi connectivity index (χ4v) is 1.54. The number of pyridine rings is 1. The van der Waals surface area contributed by atoms with Gasteiger partial charge in [-0.25, -0.2) is 4.98 Å². The van der Waals surface area contributed by atoms with E-state index in [0.717, 1.165) is 0 Å². The number of anilines is 2. The number of ether oxygens (including phenoxy) is 1. The number of methoxy groups -OCH3 is 1. The Labute approximate surface area is 91.8 Å². The van der Waals surface area contributed by atoms with Crippen molar-refractivity contribution in [3.05, 3.63) is 17.3 Å². The Hall–Kier alpha value is -1.33. The number of aromatic nitrogens is 1. The summed E-state index contributed by atoms with van der Waals surface area (Å²) in [5, 5.41) is 6.16. The van der Waals surface area contributed by atoms with Crippen molar-refractivity contribution in [2.75, 3.05) is 24.4 Å². The molecule has 1 aromatic rings. The molecule has 1 aromatic heterocycles. The number of carbonyl (C=O) groups excluding carboxylic acids is 1. The number of amides is 1. The Bertz CT molecular complexity index is 397. The Morgan fingerprint density at radius 3 is 3.20 bits per heavy atom. The van der Waals surface area contributed by atoms with Crippen LogP contribution in [0.2, 0.25) is 5.02 Å². The van der Waals surface area contributed by atoms with Gasteiger partial charge in [-0.3, -0.25) is 4.79 Å². The second kappa shape index (κ2) is 4.04. The minimum Gasteiger partial charge on any atom is -0.382 e. The van der Waals surface area contributed by atoms with E-state index < -0.39 is 6.04 Å². The van der Waals surface area contributed by atoms with Gasteiger partial charge in [0.15, 0.2) is 5.82 Å². The summed E-state index contributed by atoms with van der Waals surface area (Å²) in [7, 11) is 1.54. The second-order valence-electron chi connectivity index (χ2n) is 3.19. The summed E-state index contributed by atoms with van der Waals surface area (Å²) in [4.78, 5) is 15.6. The van der Waals surface area contributed by atoms with E-state index in [0.29, 0.717) is 23.1 Å². The van der Waals surface area contributed by atoms with Crippen molar-refractivity contribution in [2.24, 2.45) is 0 Å². The molecule has 0 aliphatic carbocycles. The molecule has 15 heavy (non-hydrogen) atoms. The number of hydrogen-bond donors (Lipinski definition) is 2. The largest absolute Gasteiger partial charge is 0.382 e. The van der Waals surface area contributed by atoms with Crippen LogP contribution in [-0.2, 0) is 9.53 Å². The van der Waals surface area contributed by atoms with Gasteiger partial charge in [0.05, 0.1) is 17.3 Å². The number of nitrogens with zero attached hydrogens (tertiary/aromatic N) is 1. The molecule has 0 saturated heterocycles. The number of carbonyl (C=O) groups is 1. The van der Waals surface area contributed by atoms with Crippen LogP contribution < -0.4 is 10.6 Å². The lowest BCUT2D eigenvalue weighted by Crippen LogP contribution is -2.42. The fourth-order valence-electron chi connectivity index (χ4n) is 1.38. The molecule has 0 fully saturated rings. The molecule has 1 amide bonds. The van der Waals surface area contributed by atoms with Gasteiger partial charge in [-0.15, -0.1) is 0 Å². The first kappa shape index (κ1) is 10.2. The average molecular weight is 228 g/mol. The third kappa shape index (κ3) is 2.03. The first-order chi connectivity index (χ1) is 7.20. The van der Waals surface area contributed by atoms with Crippen molar-refractivity contribution < 1.29 is 9.53 Å². The highest BCUT2D eigenvalue weighted by molar-refractivity contribution is 6.31. The van der Waals surface area contributed by atoms with E-state index >= 15 is 0 Å². The van der Waals surface area contributed by atoms with E-state index in [-0.39, 0.29) is 5.91 Å². The van der Waals surface area contributed by atoms with Gasteiger partial charge < -0.3 is 15.4 Å². The van der Waals surface area contributed by atoms with Gasteiger partial charge in [-0.05, 0) is 6.07 Å². The minimum absolute atomic E-state index is 0.145. The van der Waals surface area contributed by atoms with Crippen LogP contribution in [0, 0.1) is 0 Å². The second-order valence-corrected chi connectivity index (χ2v) is 3.63. The van der Waals surface area contributed by atoms with Crippen molar-refractivity contribution in [2.45, 2.75) is 6.04 Å². The zero-order valence-corrected chi connectivity index (χ0v) is 8.84. The maximum absolute atomic E-state index is 11.5. The lowest BCUT2D eigenvalue weighted by Gasteiger charge is -2.25. The maximum atomic E-state index is 11.5. The number of rotatable bonds is 2. The predicted octanol–water partition coefficient (Wildman–Crippen LogP) is 1.11. The van der Waals surface area contributed by atoms with Crippen LogP contribution in [0.5, 0.6) is 0 Å². The molecule has 80 valence electrons. The van der Waals surface area contributed by atoms with Crippen LogP contribution in [0.25, 0.3) is 0 Å². The van der Waals surface area contributed by atoms with Crippen LogP contribution in [-0.4, -0.2) is 30.6 Å². The van der Waals surface area contributed by atoms with Gasteiger partial charge in [0.1, 0.15) is 6.04 Å². The standard InChI is InChI=1S/C9H10ClN3O2/c1-15-4-7-9(14)13-6-2-5(10)3-11-8(6)12-7/h2-3,7H,4H2,1H3,(H,11,12)(H,13,14). The molecule has 1 atom stereocenters. The van der Waals surface area contributed by atoms with E-state index in [1.165, 1.54) is 6.20 Å². The summed E-state index contributed by atoms with van der Waals surface area (Å²) < 4.78 is 4.91. The summed E-state index contributed by atoms with van der Waals surface area (Å²) in [5.41, 5.74) is 0.597. The smallest absolute Gasteiger partial charge is 0.249 e. The highest BCUT2D eigenvalue weighted by atomic mass is 35.5. The summed E-state index contributed by atoms with van der Waals surface area (Å²) in [5.74, 6) is 0.467. The molecular formula is C9H10ClN3O2. The summed E-state index contributed by atoms with van der Waals surface area (Å²) in [6, 6.07) is 1.24. The summed E-state index contributed by atoms with van der Waals surface area (Å²) in [6.45, 7) is 0.301. The van der Waals surface area contributed by atoms with E-state index in [1.54, 1.807) is 13.2 Å². The van der Waals surface area contributed by atoms with Crippen LogP contribution in [0.4, 0.5) is 11.5 Å². The topological polar surface area (TPSA) is 63.2 Å². The average Bonchev–Trinajstić information content (AvgIpc) is 2.20. The summed E-state index contributed by atoms with van der Waals surface area (Å²) in [6.07, 6.45) is 1.52. The molecule has 0 spiro atoms. The van der Waals surface area contributed by atoms with Gasteiger partial charge in [0, 0.05) is 13.3 Å². The molecule has 2 heterocycles. The molecule has 1 aliphatic rings. The lowest BCUT2D eigenvalue weighted by atomic mass is 10.2. The Morgan fingerprint density at radius 1 is 1.67 bits per heavy atom. The molecule has 1 aliphatic heterocycles. The van der Waals surface area contributed by atoms with Crippen molar-refractivity contribution >= 4 is 29.0 Å². The lowest BCUT2D eigenvalue weighted by molar-refractivity contribution is -0.118. The van der Waals surface area contributed by atoms with Gasteiger partial charge in [0.2, 0.25) is 5.91 Å². The Kier molecular flexibility index (Phi) is 2.75. The first-order valence-electron chi connectivity index (χ1n) is 4.42. The molecule has 0 bridgehead atoms. The normalized spacial score (nSPS) is 19.1. The van der Waals surface area contributed by atoms with Crippen molar-refractivity contribution in [1.82, 2.24) is 4.98 Å². The highest BCUT2D eigenvalue weighted by Gasteiger charge is 2.25. The molecule has 0 aromatic carbocycles. The Morgan fingerprint density at radius 2 is 2.47 bits per heavy atom. The maximum Gasteiger partial charge on any atom is 0.249 e. The molecule has 6 heteroatoms. The molecule has 5 nitrogen and oxygen atoms in total. The van der Waals surface area contributed by atoms with E-state index in [1.807, 2.05) is 0 Å². The molecule has 0 radical (unpaired) electrons. The van der Waals surface area contributed by atoms with Gasteiger partial charge in [-0.2, -0.15) is 0 Å². The van der Waals surface area contributed by atoms with Gasteiger partial charge in [0.25, 0.3) is 0 Å². The predicted molar refractivity (Wildman–Crippen MR) is 57.2 cm³/mol. The molecular weight excluding hydrogens is 218 g/mol. The van der Waals surface area contributed by atoms with E-state index in [4.69, 9.17) is 16.3 Å².